The van der Waals surface area contributed by atoms with Gasteiger partial charge in [-0.2, -0.15) is 0 Å². The van der Waals surface area contributed by atoms with Gasteiger partial charge in [0.15, 0.2) is 0 Å². The molecule has 1 aromatic heterocycles. The van der Waals surface area contributed by atoms with Gasteiger partial charge in [0.25, 0.3) is 0 Å². The molecule has 1 heterocycles. The van der Waals surface area contributed by atoms with Crippen LogP contribution >= 0.6 is 0 Å². The van der Waals surface area contributed by atoms with E-state index in [1.54, 1.807) is 18.3 Å². The summed E-state index contributed by atoms with van der Waals surface area (Å²) in [4.78, 5) is 3.81. The number of nitrogens with two attached hydrogens (primary N) is 1. The van der Waals surface area contributed by atoms with Crippen molar-refractivity contribution in [1.82, 2.24) is 4.98 Å². The van der Waals surface area contributed by atoms with Crippen molar-refractivity contribution in [3.8, 4) is 0 Å². The normalized spacial score (nSPS) is 9.83. The summed E-state index contributed by atoms with van der Waals surface area (Å²) in [6.07, 6.45) is 3.73. The molecule has 12 heavy (non-hydrogen) atoms. The molecule has 0 aromatic carbocycles. The Hall–Kier alpha value is -1.22. The van der Waals surface area contributed by atoms with E-state index < -0.39 is 0 Å². The number of hydrogen-bond acceptors (Lipinski definition) is 2. The minimum absolute atomic E-state index is 0.136. The number of rotatable bonds is 3. The molecule has 0 fully saturated rings. The van der Waals surface area contributed by atoms with Crippen LogP contribution in [0, 0.1) is 5.82 Å². The summed E-state index contributed by atoms with van der Waals surface area (Å²) in [5.41, 5.74) is 6.20. The highest BCUT2D eigenvalue weighted by Gasteiger charge is 2.05. The third-order valence-corrected chi connectivity index (χ3v) is 1.60. The van der Waals surface area contributed by atoms with Gasteiger partial charge in [0.05, 0.1) is 5.69 Å². The predicted octanol–water partition coefficient (Wildman–Crippen LogP) is 1.41. The van der Waals surface area contributed by atoms with E-state index in [0.717, 1.165) is 0 Å². The first kappa shape index (κ1) is 8.87. The second-order valence-corrected chi connectivity index (χ2v) is 2.43. The Labute approximate surface area is 70.9 Å². The second kappa shape index (κ2) is 3.97. The van der Waals surface area contributed by atoms with Crippen LogP contribution in [0.2, 0.25) is 0 Å². The third-order valence-electron chi connectivity index (χ3n) is 1.60. The smallest absolute Gasteiger partial charge is 0.149 e. The molecule has 1 rings (SSSR count). The molecule has 2 nitrogen and oxygen atoms in total. The summed E-state index contributed by atoms with van der Waals surface area (Å²) in [5, 5.41) is 0. The fourth-order valence-corrected chi connectivity index (χ4v) is 0.988. The van der Waals surface area contributed by atoms with Crippen LogP contribution in [-0.2, 0) is 13.0 Å². The molecule has 0 atom stereocenters. The van der Waals surface area contributed by atoms with Crippen LogP contribution in [0.15, 0.2) is 24.9 Å². The molecular weight excluding hydrogens is 155 g/mol. The number of hydrogen-bond donors (Lipinski definition) is 1. The first-order valence-electron chi connectivity index (χ1n) is 3.72. The summed E-state index contributed by atoms with van der Waals surface area (Å²) in [6, 6.07) is 1.64. The molecule has 0 aliphatic carbocycles. The molecule has 1 aromatic rings. The fourth-order valence-electron chi connectivity index (χ4n) is 0.988. The van der Waals surface area contributed by atoms with Crippen molar-refractivity contribution in [1.29, 1.82) is 0 Å². The van der Waals surface area contributed by atoms with Gasteiger partial charge < -0.3 is 5.73 Å². The van der Waals surface area contributed by atoms with Crippen LogP contribution in [0.3, 0.4) is 0 Å². The van der Waals surface area contributed by atoms with E-state index in [9.17, 15) is 4.39 Å². The van der Waals surface area contributed by atoms with Crippen molar-refractivity contribution in [2.75, 3.05) is 0 Å². The average Bonchev–Trinajstić information content (AvgIpc) is 2.09. The van der Waals surface area contributed by atoms with Gasteiger partial charge in [-0.3, -0.25) is 4.98 Å². The van der Waals surface area contributed by atoms with E-state index in [0.29, 0.717) is 17.7 Å². The van der Waals surface area contributed by atoms with Gasteiger partial charge in [0.1, 0.15) is 5.82 Å². The number of aromatic nitrogens is 1. The summed E-state index contributed by atoms with van der Waals surface area (Å²) in [6.45, 7) is 3.67. The topological polar surface area (TPSA) is 38.9 Å². The third kappa shape index (κ3) is 1.68. The molecule has 0 aliphatic heterocycles. The molecular formula is C9H11FN2. The Balaban J connectivity index is 3.04. The largest absolute Gasteiger partial charge is 0.325 e. The van der Waals surface area contributed by atoms with Crippen LogP contribution in [-0.4, -0.2) is 4.98 Å². The molecule has 0 unspecified atom stereocenters. The lowest BCUT2D eigenvalue weighted by Gasteiger charge is -2.02. The first-order valence-corrected chi connectivity index (χ1v) is 3.72. The zero-order valence-electron chi connectivity index (χ0n) is 6.76. The number of pyridine rings is 1. The molecule has 0 spiro atoms. The molecule has 0 saturated heterocycles. The molecule has 64 valence electrons. The maximum Gasteiger partial charge on any atom is 0.149 e. The number of nitrogens with zero attached hydrogens (tertiary/aromatic N) is 1. The highest BCUT2D eigenvalue weighted by molar-refractivity contribution is 5.21. The van der Waals surface area contributed by atoms with Gasteiger partial charge >= 0.3 is 0 Å². The molecule has 0 radical (unpaired) electrons. The molecule has 0 aliphatic rings. The van der Waals surface area contributed by atoms with Crippen LogP contribution < -0.4 is 5.73 Å². The number of allylic oxidation sites excluding steroid dienone is 1. The monoisotopic (exact) mass is 166 g/mol. The van der Waals surface area contributed by atoms with Gasteiger partial charge in [-0.1, -0.05) is 6.08 Å². The minimum Gasteiger partial charge on any atom is -0.325 e. The Morgan fingerprint density at radius 3 is 3.00 bits per heavy atom. The van der Waals surface area contributed by atoms with Crippen molar-refractivity contribution in [3.05, 3.63) is 42.0 Å². The van der Waals surface area contributed by atoms with Crippen molar-refractivity contribution < 1.29 is 4.39 Å². The van der Waals surface area contributed by atoms with Crippen molar-refractivity contribution in [2.24, 2.45) is 5.73 Å². The van der Waals surface area contributed by atoms with Crippen molar-refractivity contribution in [2.45, 2.75) is 13.0 Å². The zero-order chi connectivity index (χ0) is 8.97. The summed E-state index contributed by atoms with van der Waals surface area (Å²) < 4.78 is 13.3. The van der Waals surface area contributed by atoms with Crippen LogP contribution in [0.25, 0.3) is 0 Å². The molecule has 0 amide bonds. The van der Waals surface area contributed by atoms with E-state index in [-0.39, 0.29) is 12.4 Å². The predicted molar refractivity (Wildman–Crippen MR) is 46.0 cm³/mol. The Kier molecular flexibility index (Phi) is 2.94. The van der Waals surface area contributed by atoms with Gasteiger partial charge in [-0.25, -0.2) is 4.39 Å². The van der Waals surface area contributed by atoms with Gasteiger partial charge in [-0.15, -0.1) is 6.58 Å². The Bertz CT molecular complexity index is 284. The molecule has 0 saturated carbocycles. The Morgan fingerprint density at radius 2 is 2.42 bits per heavy atom. The summed E-state index contributed by atoms with van der Waals surface area (Å²) >= 11 is 0. The maximum atomic E-state index is 13.3. The van der Waals surface area contributed by atoms with E-state index in [1.165, 1.54) is 0 Å². The summed E-state index contributed by atoms with van der Waals surface area (Å²) in [5.74, 6) is -0.306. The van der Waals surface area contributed by atoms with E-state index in [1.807, 2.05) is 0 Å². The van der Waals surface area contributed by atoms with E-state index in [2.05, 4.69) is 11.6 Å². The molecule has 3 heteroatoms. The lowest BCUT2D eigenvalue weighted by Crippen LogP contribution is -2.05. The van der Waals surface area contributed by atoms with Gasteiger partial charge in [0.2, 0.25) is 0 Å². The highest BCUT2D eigenvalue weighted by Crippen LogP contribution is 2.10. The quantitative estimate of drug-likeness (QED) is 0.689. The average molecular weight is 166 g/mol. The first-order chi connectivity index (χ1) is 5.79. The van der Waals surface area contributed by atoms with Crippen molar-refractivity contribution >= 4 is 0 Å². The van der Waals surface area contributed by atoms with Gasteiger partial charge in [0, 0.05) is 12.7 Å². The highest BCUT2D eigenvalue weighted by atomic mass is 19.1. The molecule has 0 bridgehead atoms. The van der Waals surface area contributed by atoms with E-state index in [4.69, 9.17) is 5.73 Å². The van der Waals surface area contributed by atoms with Crippen LogP contribution in [0.4, 0.5) is 4.39 Å². The second-order valence-electron chi connectivity index (χ2n) is 2.43. The standard InChI is InChI=1S/C9H11FN2/c1-2-3-7-4-5-12-8(6-11)9(7)10/h2,4-5H,1,3,6,11H2. The van der Waals surface area contributed by atoms with Crippen molar-refractivity contribution in [3.63, 3.8) is 0 Å². The SMILES string of the molecule is C=CCc1ccnc(CN)c1F. The Morgan fingerprint density at radius 1 is 1.67 bits per heavy atom. The fraction of sp³-hybridized carbons (Fsp3) is 0.222. The maximum absolute atomic E-state index is 13.3. The minimum atomic E-state index is -0.306. The van der Waals surface area contributed by atoms with Gasteiger partial charge in [-0.05, 0) is 18.1 Å². The summed E-state index contributed by atoms with van der Waals surface area (Å²) in [7, 11) is 0. The number of halogens is 1. The van der Waals surface area contributed by atoms with Crippen LogP contribution in [0.1, 0.15) is 11.3 Å². The lowest BCUT2D eigenvalue weighted by molar-refractivity contribution is 0.587. The zero-order valence-corrected chi connectivity index (χ0v) is 6.76. The molecule has 2 N–H and O–H groups in total. The van der Waals surface area contributed by atoms with E-state index >= 15 is 0 Å². The lowest BCUT2D eigenvalue weighted by atomic mass is 10.1. The van der Waals surface area contributed by atoms with Crippen LogP contribution in [0.5, 0.6) is 0 Å².